The summed E-state index contributed by atoms with van der Waals surface area (Å²) in [7, 11) is 1.55. The van der Waals surface area contributed by atoms with Gasteiger partial charge in [-0.2, -0.15) is 0 Å². The fraction of sp³-hybridized carbons (Fsp3) is 0.294. The first-order valence-electron chi connectivity index (χ1n) is 14.8. The summed E-state index contributed by atoms with van der Waals surface area (Å²) in [6.07, 6.45) is -0.194. The van der Waals surface area contributed by atoms with Crippen molar-refractivity contribution in [2.75, 3.05) is 26.8 Å². The van der Waals surface area contributed by atoms with E-state index >= 15 is 0 Å². The normalized spacial score (nSPS) is 18.4. The zero-order valence-corrected chi connectivity index (χ0v) is 26.4. The van der Waals surface area contributed by atoms with Gasteiger partial charge in [-0.3, -0.25) is 14.4 Å². The Morgan fingerprint density at radius 1 is 1.07 bits per heavy atom. The standard InChI is InChI=1S/C34H33FN4O6S/c1-19-32(46-20(2)37-19)34(42)39-10-9-30-28(17-39)38-33(41)23-7-8-29(43-3)27(14-23)22-5-4-6-25(13-22)44-18-31(40)36-16-21-11-24(35)15-26(12-21)45-30/h4-8,11-15,28,30H,9-10,16-18H2,1-3H3,(H,36,40)(H,38,41)/t28-,30-/m1/s1. The van der Waals surface area contributed by atoms with Crippen molar-refractivity contribution >= 4 is 29.1 Å². The second-order valence-electron chi connectivity index (χ2n) is 11.2. The van der Waals surface area contributed by atoms with Crippen molar-refractivity contribution in [3.63, 3.8) is 0 Å². The SMILES string of the molecule is COc1ccc2cc1-c1cccc(c1)OCC(=O)NCc1cc(F)cc(c1)O[C@@H]1CCN(C(=O)c3sc(C)nc3C)C[C@H]1NC2=O. The third-order valence-corrected chi connectivity index (χ3v) is 9.00. The summed E-state index contributed by atoms with van der Waals surface area (Å²) in [5.41, 5.74) is 2.90. The van der Waals surface area contributed by atoms with Gasteiger partial charge in [-0.1, -0.05) is 12.1 Å². The minimum Gasteiger partial charge on any atom is -0.496 e. The maximum atomic E-state index is 14.7. The smallest absolute Gasteiger partial charge is 0.265 e. The van der Waals surface area contributed by atoms with E-state index in [1.807, 2.05) is 13.0 Å². The van der Waals surface area contributed by atoms with E-state index in [0.717, 1.165) is 10.6 Å². The number of hydrogen-bond acceptors (Lipinski definition) is 8. The van der Waals surface area contributed by atoms with E-state index in [1.54, 1.807) is 61.4 Å². The van der Waals surface area contributed by atoms with Gasteiger partial charge in [0, 0.05) is 43.2 Å². The van der Waals surface area contributed by atoms with Crippen LogP contribution in [0.4, 0.5) is 4.39 Å². The first-order chi connectivity index (χ1) is 22.2. The largest absolute Gasteiger partial charge is 0.496 e. The van der Waals surface area contributed by atoms with Crippen LogP contribution < -0.4 is 24.8 Å². The van der Waals surface area contributed by atoms with E-state index in [0.29, 0.717) is 51.7 Å². The Bertz CT molecular complexity index is 1810. The Morgan fingerprint density at radius 2 is 1.91 bits per heavy atom. The second kappa shape index (κ2) is 13.2. The van der Waals surface area contributed by atoms with Crippen molar-refractivity contribution in [2.24, 2.45) is 0 Å². The number of ether oxygens (including phenoxy) is 3. The Labute approximate surface area is 269 Å². The molecule has 0 unspecified atom stereocenters. The van der Waals surface area contributed by atoms with Gasteiger partial charge in [-0.15, -0.1) is 11.3 Å². The summed E-state index contributed by atoms with van der Waals surface area (Å²) in [6.45, 7) is 4.01. The average molecular weight is 645 g/mol. The maximum Gasteiger partial charge on any atom is 0.265 e. The molecule has 46 heavy (non-hydrogen) atoms. The molecule has 3 amide bonds. The molecule has 1 saturated heterocycles. The van der Waals surface area contributed by atoms with E-state index in [2.05, 4.69) is 15.6 Å². The average Bonchev–Trinajstić information content (AvgIpc) is 3.39. The molecule has 12 heteroatoms. The quantitative estimate of drug-likeness (QED) is 0.326. The van der Waals surface area contributed by atoms with Gasteiger partial charge in [0.25, 0.3) is 17.7 Å². The molecule has 4 aromatic rings. The summed E-state index contributed by atoms with van der Waals surface area (Å²) >= 11 is 1.34. The summed E-state index contributed by atoms with van der Waals surface area (Å²) in [5, 5.41) is 6.63. The number of thiazole rings is 1. The van der Waals surface area contributed by atoms with Crippen molar-refractivity contribution in [3.05, 3.63) is 93.2 Å². The fourth-order valence-corrected chi connectivity index (χ4v) is 6.60. The van der Waals surface area contributed by atoms with Crippen LogP contribution in [0.3, 0.4) is 0 Å². The van der Waals surface area contributed by atoms with Gasteiger partial charge < -0.3 is 29.7 Å². The first kappa shape index (κ1) is 31.0. The number of halogens is 1. The van der Waals surface area contributed by atoms with Crippen LogP contribution in [0.2, 0.25) is 0 Å². The van der Waals surface area contributed by atoms with Crippen LogP contribution in [0.25, 0.3) is 11.1 Å². The number of benzene rings is 3. The molecule has 0 aliphatic carbocycles. The molecule has 6 bridgehead atoms. The number of rotatable bonds is 2. The van der Waals surface area contributed by atoms with Crippen LogP contribution in [0, 0.1) is 19.7 Å². The fourth-order valence-electron chi connectivity index (χ4n) is 5.71. The van der Waals surface area contributed by atoms with Crippen LogP contribution >= 0.6 is 11.3 Å². The highest BCUT2D eigenvalue weighted by atomic mass is 32.1. The number of amides is 3. The molecular weight excluding hydrogens is 611 g/mol. The summed E-state index contributed by atoms with van der Waals surface area (Å²) < 4.78 is 32.4. The topological polar surface area (TPSA) is 119 Å². The molecule has 0 saturated carbocycles. The third kappa shape index (κ3) is 6.81. The van der Waals surface area contributed by atoms with E-state index < -0.39 is 18.0 Å². The van der Waals surface area contributed by atoms with Gasteiger partial charge in [-0.05, 0) is 67.4 Å². The predicted molar refractivity (Wildman–Crippen MR) is 170 cm³/mol. The molecule has 2 aliphatic rings. The highest BCUT2D eigenvalue weighted by Gasteiger charge is 2.36. The highest BCUT2D eigenvalue weighted by molar-refractivity contribution is 7.13. The van der Waals surface area contributed by atoms with Crippen molar-refractivity contribution in [2.45, 2.75) is 39.0 Å². The molecule has 2 aliphatic heterocycles. The Hall–Kier alpha value is -4.97. The monoisotopic (exact) mass is 644 g/mol. The van der Waals surface area contributed by atoms with Gasteiger partial charge in [0.2, 0.25) is 0 Å². The second-order valence-corrected chi connectivity index (χ2v) is 12.4. The molecule has 238 valence electrons. The Balaban J connectivity index is 1.37. The van der Waals surface area contributed by atoms with E-state index in [-0.39, 0.29) is 43.2 Å². The summed E-state index contributed by atoms with van der Waals surface area (Å²) in [4.78, 5) is 46.6. The maximum absolute atomic E-state index is 14.7. The number of likely N-dealkylation sites (tertiary alicyclic amines) is 1. The van der Waals surface area contributed by atoms with Gasteiger partial charge >= 0.3 is 0 Å². The third-order valence-electron chi connectivity index (χ3n) is 7.94. The van der Waals surface area contributed by atoms with Gasteiger partial charge in [0.05, 0.1) is 23.9 Å². The lowest BCUT2D eigenvalue weighted by Gasteiger charge is -2.38. The minimum atomic E-state index is -0.629. The Kier molecular flexibility index (Phi) is 8.89. The minimum absolute atomic E-state index is 0.0557. The molecule has 0 radical (unpaired) electrons. The zero-order chi connectivity index (χ0) is 32.4. The first-order valence-corrected chi connectivity index (χ1v) is 15.7. The van der Waals surface area contributed by atoms with Crippen LogP contribution in [0.1, 0.15) is 42.7 Å². The molecular formula is C34H33FN4O6S. The zero-order valence-electron chi connectivity index (χ0n) is 25.6. The van der Waals surface area contributed by atoms with Crippen molar-refractivity contribution in [1.82, 2.24) is 20.5 Å². The van der Waals surface area contributed by atoms with Crippen molar-refractivity contribution < 1.29 is 33.0 Å². The number of nitrogens with zero attached hydrogens (tertiary/aromatic N) is 2. The predicted octanol–water partition coefficient (Wildman–Crippen LogP) is 4.68. The number of methoxy groups -OCH3 is 1. The van der Waals surface area contributed by atoms with Crippen LogP contribution in [-0.2, 0) is 11.3 Å². The molecule has 2 N–H and O–H groups in total. The van der Waals surface area contributed by atoms with Crippen LogP contribution in [0.5, 0.6) is 17.2 Å². The molecule has 6 rings (SSSR count). The number of fused-ring (bicyclic) bond motifs is 8. The number of carbonyl (C=O) groups is 3. The molecule has 1 fully saturated rings. The van der Waals surface area contributed by atoms with E-state index in [4.69, 9.17) is 14.2 Å². The van der Waals surface area contributed by atoms with E-state index in [9.17, 15) is 18.8 Å². The lowest BCUT2D eigenvalue weighted by Crippen LogP contribution is -2.58. The number of aromatic nitrogens is 1. The summed E-state index contributed by atoms with van der Waals surface area (Å²) in [5.74, 6) is -0.206. The molecule has 3 heterocycles. The number of nitrogens with one attached hydrogen (secondary N) is 2. The highest BCUT2D eigenvalue weighted by Crippen LogP contribution is 2.33. The number of piperidine rings is 1. The number of carbonyl (C=O) groups excluding carboxylic acids is 3. The van der Waals surface area contributed by atoms with Gasteiger partial charge in [0.15, 0.2) is 6.61 Å². The number of hydrogen-bond donors (Lipinski definition) is 2. The van der Waals surface area contributed by atoms with Gasteiger partial charge in [0.1, 0.15) is 34.0 Å². The van der Waals surface area contributed by atoms with Crippen molar-refractivity contribution in [1.29, 1.82) is 0 Å². The Morgan fingerprint density at radius 3 is 2.70 bits per heavy atom. The van der Waals surface area contributed by atoms with E-state index in [1.165, 1.54) is 23.5 Å². The molecule has 10 nitrogen and oxygen atoms in total. The molecule has 2 atom stereocenters. The number of aryl methyl sites for hydroxylation is 2. The lowest BCUT2D eigenvalue weighted by molar-refractivity contribution is -0.123. The molecule has 0 spiro atoms. The summed E-state index contributed by atoms with van der Waals surface area (Å²) in [6, 6.07) is 15.8. The van der Waals surface area contributed by atoms with Crippen LogP contribution in [-0.4, -0.2) is 66.6 Å². The van der Waals surface area contributed by atoms with Crippen LogP contribution in [0.15, 0.2) is 60.7 Å². The lowest BCUT2D eigenvalue weighted by atomic mass is 9.99. The molecule has 1 aromatic heterocycles. The van der Waals surface area contributed by atoms with Gasteiger partial charge in [-0.25, -0.2) is 9.37 Å². The van der Waals surface area contributed by atoms with Crippen molar-refractivity contribution in [3.8, 4) is 28.4 Å². The molecule has 3 aromatic carbocycles.